The summed E-state index contributed by atoms with van der Waals surface area (Å²) in [6.07, 6.45) is 1.57. The monoisotopic (exact) mass is 389 g/mol. The Bertz CT molecular complexity index is 595. The molecule has 1 aromatic carbocycles. The number of hydrogen-bond donors (Lipinski definition) is 1. The molecule has 0 unspecified atom stereocenters. The molecule has 2 aromatic rings. The fourth-order valence-electron chi connectivity index (χ4n) is 1.43. The molecule has 0 aliphatic rings. The van der Waals surface area contributed by atoms with Gasteiger partial charge >= 0.3 is 0 Å². The molecule has 1 N–H and O–H groups in total. The second-order valence-electron chi connectivity index (χ2n) is 3.64. The first-order valence-corrected chi connectivity index (χ1v) is 6.93. The maximum absolute atomic E-state index is 13.5. The number of nitrogens with zero attached hydrogens (tertiary/aromatic N) is 2. The van der Waals surface area contributed by atoms with E-state index in [0.29, 0.717) is 21.9 Å². The quantitative estimate of drug-likeness (QED) is 0.863. The van der Waals surface area contributed by atoms with Crippen molar-refractivity contribution in [2.24, 2.45) is 0 Å². The Morgan fingerprint density at radius 1 is 1.37 bits per heavy atom. The van der Waals surface area contributed by atoms with Gasteiger partial charge < -0.3 is 10.1 Å². The van der Waals surface area contributed by atoms with Crippen LogP contribution in [0.25, 0.3) is 0 Å². The lowest BCUT2D eigenvalue weighted by Crippen LogP contribution is -2.06. The summed E-state index contributed by atoms with van der Waals surface area (Å²) in [6.45, 7) is 0.288. The second-order valence-corrected chi connectivity index (χ2v) is 5.41. The van der Waals surface area contributed by atoms with Crippen molar-refractivity contribution >= 4 is 37.8 Å². The Hall–Kier alpha value is -1.21. The third-order valence-electron chi connectivity index (χ3n) is 2.35. The highest BCUT2D eigenvalue weighted by Crippen LogP contribution is 2.22. The maximum Gasteiger partial charge on any atom is 0.232 e. The molecule has 19 heavy (non-hydrogen) atoms. The van der Waals surface area contributed by atoms with Crippen molar-refractivity contribution in [1.82, 2.24) is 9.97 Å². The molecule has 0 amide bonds. The maximum atomic E-state index is 13.5. The summed E-state index contributed by atoms with van der Waals surface area (Å²) in [5, 5.41) is 2.95. The van der Waals surface area contributed by atoms with Crippen LogP contribution in [0.2, 0.25) is 0 Å². The Kier molecular flexibility index (Phi) is 4.71. The number of methoxy groups -OCH3 is 1. The van der Waals surface area contributed by atoms with Crippen LogP contribution in [0.4, 0.5) is 10.3 Å². The highest BCUT2D eigenvalue weighted by molar-refractivity contribution is 9.10. The number of rotatable bonds is 4. The van der Waals surface area contributed by atoms with E-state index in [1.165, 1.54) is 13.2 Å². The molecule has 0 bridgehead atoms. The number of hydrogen-bond acceptors (Lipinski definition) is 4. The van der Waals surface area contributed by atoms with Gasteiger partial charge in [-0.15, -0.1) is 0 Å². The van der Waals surface area contributed by atoms with Gasteiger partial charge in [0.15, 0.2) is 0 Å². The topological polar surface area (TPSA) is 47.0 Å². The molecule has 100 valence electrons. The normalized spacial score (nSPS) is 10.3. The average Bonchev–Trinajstić information content (AvgIpc) is 2.41. The standard InChI is InChI=1S/C12H10Br2FN3O/c1-19-11-9(14)6-17-12(18-11)16-5-7-4-8(13)2-3-10(7)15/h2-4,6H,5H2,1H3,(H,16,17,18). The molecule has 2 rings (SSSR count). The molecule has 0 saturated carbocycles. The minimum Gasteiger partial charge on any atom is -0.480 e. The van der Waals surface area contributed by atoms with Crippen LogP contribution in [0.5, 0.6) is 5.88 Å². The summed E-state index contributed by atoms with van der Waals surface area (Å²) in [5.41, 5.74) is 0.528. The highest BCUT2D eigenvalue weighted by Gasteiger charge is 2.07. The van der Waals surface area contributed by atoms with E-state index in [1.54, 1.807) is 18.3 Å². The van der Waals surface area contributed by atoms with Crippen molar-refractivity contribution in [1.29, 1.82) is 0 Å². The lowest BCUT2D eigenvalue weighted by molar-refractivity contribution is 0.394. The fourth-order valence-corrected chi connectivity index (χ4v) is 2.19. The number of anilines is 1. The number of nitrogens with one attached hydrogen (secondary N) is 1. The molecule has 0 aliphatic carbocycles. The predicted molar refractivity (Wildman–Crippen MR) is 77.7 cm³/mol. The third kappa shape index (κ3) is 3.63. The van der Waals surface area contributed by atoms with Gasteiger partial charge in [-0.05, 0) is 34.1 Å². The fraction of sp³-hybridized carbons (Fsp3) is 0.167. The minimum atomic E-state index is -0.278. The van der Waals surface area contributed by atoms with Crippen LogP contribution in [-0.2, 0) is 6.54 Å². The van der Waals surface area contributed by atoms with Crippen LogP contribution in [0.1, 0.15) is 5.56 Å². The second kappa shape index (κ2) is 6.29. The Morgan fingerprint density at radius 2 is 2.16 bits per heavy atom. The highest BCUT2D eigenvalue weighted by atomic mass is 79.9. The van der Waals surface area contributed by atoms with Gasteiger partial charge in [0.1, 0.15) is 5.82 Å². The molecule has 0 aliphatic heterocycles. The first kappa shape index (κ1) is 14.2. The van der Waals surface area contributed by atoms with Crippen LogP contribution in [0, 0.1) is 5.82 Å². The van der Waals surface area contributed by atoms with E-state index in [2.05, 4.69) is 47.1 Å². The van der Waals surface area contributed by atoms with Gasteiger partial charge in [0.25, 0.3) is 0 Å². The molecule has 0 saturated heterocycles. The molecule has 4 nitrogen and oxygen atoms in total. The van der Waals surface area contributed by atoms with Crippen molar-refractivity contribution in [3.63, 3.8) is 0 Å². The summed E-state index contributed by atoms with van der Waals surface area (Å²) in [4.78, 5) is 8.20. The van der Waals surface area contributed by atoms with E-state index in [1.807, 2.05) is 0 Å². The first-order chi connectivity index (χ1) is 9.10. The van der Waals surface area contributed by atoms with E-state index in [4.69, 9.17) is 4.74 Å². The Balaban J connectivity index is 2.12. The average molecular weight is 391 g/mol. The molecule has 1 heterocycles. The largest absolute Gasteiger partial charge is 0.480 e. The van der Waals surface area contributed by atoms with Crippen molar-refractivity contribution in [2.75, 3.05) is 12.4 Å². The van der Waals surface area contributed by atoms with E-state index in [9.17, 15) is 4.39 Å². The van der Waals surface area contributed by atoms with Gasteiger partial charge in [-0.25, -0.2) is 9.37 Å². The van der Waals surface area contributed by atoms with Crippen LogP contribution in [0.3, 0.4) is 0 Å². The predicted octanol–water partition coefficient (Wildman–Crippen LogP) is 3.76. The van der Waals surface area contributed by atoms with Gasteiger partial charge in [0.05, 0.1) is 17.8 Å². The van der Waals surface area contributed by atoms with Gasteiger partial charge in [-0.3, -0.25) is 0 Å². The number of halogens is 3. The van der Waals surface area contributed by atoms with Crippen molar-refractivity contribution < 1.29 is 9.13 Å². The molecule has 0 fully saturated rings. The number of benzene rings is 1. The van der Waals surface area contributed by atoms with Crippen molar-refractivity contribution in [3.8, 4) is 5.88 Å². The third-order valence-corrected chi connectivity index (χ3v) is 3.39. The molecule has 0 radical (unpaired) electrons. The summed E-state index contributed by atoms with van der Waals surface area (Å²) >= 11 is 6.57. The van der Waals surface area contributed by atoms with E-state index in [0.717, 1.165) is 4.47 Å². The number of ether oxygens (including phenoxy) is 1. The van der Waals surface area contributed by atoms with Gasteiger partial charge in [-0.2, -0.15) is 4.98 Å². The van der Waals surface area contributed by atoms with Gasteiger partial charge in [0, 0.05) is 16.6 Å². The van der Waals surface area contributed by atoms with E-state index < -0.39 is 0 Å². The van der Waals surface area contributed by atoms with Crippen LogP contribution >= 0.6 is 31.9 Å². The SMILES string of the molecule is COc1nc(NCc2cc(Br)ccc2F)ncc1Br. The summed E-state index contributed by atoms with van der Waals surface area (Å²) in [7, 11) is 1.52. The molecule has 1 aromatic heterocycles. The number of aromatic nitrogens is 2. The zero-order valence-electron chi connectivity index (χ0n) is 9.95. The van der Waals surface area contributed by atoms with Crippen LogP contribution < -0.4 is 10.1 Å². The summed E-state index contributed by atoms with van der Waals surface area (Å²) in [6, 6.07) is 4.76. The first-order valence-electron chi connectivity index (χ1n) is 5.34. The lowest BCUT2D eigenvalue weighted by atomic mass is 10.2. The minimum absolute atomic E-state index is 0.278. The van der Waals surface area contributed by atoms with Crippen molar-refractivity contribution in [3.05, 3.63) is 44.7 Å². The molecular formula is C12H10Br2FN3O. The Morgan fingerprint density at radius 3 is 2.89 bits per heavy atom. The smallest absolute Gasteiger partial charge is 0.232 e. The summed E-state index contributed by atoms with van der Waals surface area (Å²) in [5.74, 6) is 0.520. The van der Waals surface area contributed by atoms with Crippen LogP contribution in [0.15, 0.2) is 33.3 Å². The molecule has 0 spiro atoms. The molecular weight excluding hydrogens is 381 g/mol. The van der Waals surface area contributed by atoms with Crippen molar-refractivity contribution in [2.45, 2.75) is 6.54 Å². The van der Waals surface area contributed by atoms with Crippen LogP contribution in [-0.4, -0.2) is 17.1 Å². The zero-order valence-corrected chi connectivity index (χ0v) is 13.1. The van der Waals surface area contributed by atoms with Gasteiger partial charge in [-0.1, -0.05) is 15.9 Å². The molecule has 7 heteroatoms. The zero-order chi connectivity index (χ0) is 13.8. The van der Waals surface area contributed by atoms with E-state index in [-0.39, 0.29) is 12.4 Å². The Labute approximate surface area is 126 Å². The lowest BCUT2D eigenvalue weighted by Gasteiger charge is -2.08. The summed E-state index contributed by atoms with van der Waals surface area (Å²) < 4.78 is 20.1. The molecule has 0 atom stereocenters. The van der Waals surface area contributed by atoms with E-state index >= 15 is 0 Å². The van der Waals surface area contributed by atoms with Gasteiger partial charge in [0.2, 0.25) is 11.8 Å².